The Morgan fingerprint density at radius 1 is 1.30 bits per heavy atom. The molecule has 1 aliphatic rings. The van der Waals surface area contributed by atoms with Crippen molar-refractivity contribution in [2.75, 3.05) is 29.9 Å². The van der Waals surface area contributed by atoms with Gasteiger partial charge in [0.2, 0.25) is 0 Å². The van der Waals surface area contributed by atoms with Gasteiger partial charge in [-0.05, 0) is 25.2 Å². The molecular weight excluding hydrogens is 248 g/mol. The van der Waals surface area contributed by atoms with Crippen molar-refractivity contribution in [3.63, 3.8) is 0 Å². The summed E-state index contributed by atoms with van der Waals surface area (Å²) in [5.41, 5.74) is 0. The van der Waals surface area contributed by atoms with Gasteiger partial charge in [0.1, 0.15) is 17.5 Å². The molecule has 112 valence electrons. The van der Waals surface area contributed by atoms with E-state index in [1.165, 1.54) is 19.3 Å². The molecule has 20 heavy (non-hydrogen) atoms. The molecule has 1 aromatic rings. The highest BCUT2D eigenvalue weighted by atomic mass is 15.2. The number of hydrogen-bond donors (Lipinski definition) is 1. The molecule has 4 nitrogen and oxygen atoms in total. The monoisotopic (exact) mass is 276 g/mol. The first-order valence-corrected chi connectivity index (χ1v) is 8.13. The van der Waals surface area contributed by atoms with Gasteiger partial charge in [-0.25, -0.2) is 9.97 Å². The molecule has 1 atom stereocenters. The zero-order chi connectivity index (χ0) is 14.4. The molecular formula is C16H28N4. The molecule has 0 amide bonds. The number of aryl methyl sites for hydroxylation is 1. The lowest BCUT2D eigenvalue weighted by Gasteiger charge is -2.33. The van der Waals surface area contributed by atoms with E-state index >= 15 is 0 Å². The predicted molar refractivity (Wildman–Crippen MR) is 85.4 cm³/mol. The van der Waals surface area contributed by atoms with E-state index < -0.39 is 0 Å². The number of anilines is 2. The summed E-state index contributed by atoms with van der Waals surface area (Å²) in [6.45, 7) is 9.82. The van der Waals surface area contributed by atoms with Gasteiger partial charge < -0.3 is 10.2 Å². The fourth-order valence-electron chi connectivity index (χ4n) is 2.75. The molecule has 2 rings (SSSR count). The summed E-state index contributed by atoms with van der Waals surface area (Å²) in [6.07, 6.45) is 5.91. The highest BCUT2D eigenvalue weighted by Gasteiger charge is 2.20. The Morgan fingerprint density at radius 3 is 2.85 bits per heavy atom. The SMILES string of the molecule is CCCNc1cc(N2CCCC(CC)C2)nc(CC)n1. The fourth-order valence-corrected chi connectivity index (χ4v) is 2.75. The van der Waals surface area contributed by atoms with E-state index in [1.807, 2.05) is 0 Å². The summed E-state index contributed by atoms with van der Waals surface area (Å²) in [4.78, 5) is 11.7. The summed E-state index contributed by atoms with van der Waals surface area (Å²) in [7, 11) is 0. The molecule has 0 radical (unpaired) electrons. The fraction of sp³-hybridized carbons (Fsp3) is 0.750. The smallest absolute Gasteiger partial charge is 0.134 e. The second-order valence-corrected chi connectivity index (χ2v) is 5.67. The Kier molecular flexibility index (Phi) is 5.62. The summed E-state index contributed by atoms with van der Waals surface area (Å²) in [5.74, 6) is 3.84. The number of aromatic nitrogens is 2. The Bertz CT molecular complexity index is 419. The van der Waals surface area contributed by atoms with Crippen molar-refractivity contribution in [2.45, 2.75) is 52.9 Å². The van der Waals surface area contributed by atoms with Gasteiger partial charge in [-0.15, -0.1) is 0 Å². The maximum atomic E-state index is 4.73. The van der Waals surface area contributed by atoms with Gasteiger partial charge in [0.05, 0.1) is 0 Å². The van der Waals surface area contributed by atoms with Crippen molar-refractivity contribution in [2.24, 2.45) is 5.92 Å². The molecule has 0 aromatic carbocycles. The molecule has 1 fully saturated rings. The molecule has 0 spiro atoms. The summed E-state index contributed by atoms with van der Waals surface area (Å²) < 4.78 is 0. The van der Waals surface area contributed by atoms with E-state index in [0.29, 0.717) is 0 Å². The molecule has 1 N–H and O–H groups in total. The Hall–Kier alpha value is -1.32. The van der Waals surface area contributed by atoms with Crippen LogP contribution in [-0.4, -0.2) is 29.6 Å². The lowest BCUT2D eigenvalue weighted by molar-refractivity contribution is 0.403. The Morgan fingerprint density at radius 2 is 2.15 bits per heavy atom. The maximum absolute atomic E-state index is 4.73. The number of rotatable bonds is 6. The van der Waals surface area contributed by atoms with Crippen LogP contribution in [0.1, 0.15) is 52.3 Å². The summed E-state index contributed by atoms with van der Waals surface area (Å²) >= 11 is 0. The van der Waals surface area contributed by atoms with Gasteiger partial charge in [0.15, 0.2) is 0 Å². The van der Waals surface area contributed by atoms with Crippen molar-refractivity contribution < 1.29 is 0 Å². The van der Waals surface area contributed by atoms with E-state index in [4.69, 9.17) is 4.98 Å². The Balaban J connectivity index is 2.16. The van der Waals surface area contributed by atoms with Crippen molar-refractivity contribution in [3.8, 4) is 0 Å². The highest BCUT2D eigenvalue weighted by molar-refractivity contribution is 5.49. The van der Waals surface area contributed by atoms with Gasteiger partial charge in [-0.3, -0.25) is 0 Å². The highest BCUT2D eigenvalue weighted by Crippen LogP contribution is 2.25. The normalized spacial score (nSPS) is 19.1. The van der Waals surface area contributed by atoms with Crippen LogP contribution in [0.3, 0.4) is 0 Å². The van der Waals surface area contributed by atoms with Gasteiger partial charge in [0, 0.05) is 32.1 Å². The van der Waals surface area contributed by atoms with E-state index in [2.05, 4.69) is 42.0 Å². The third kappa shape index (κ3) is 3.84. The lowest BCUT2D eigenvalue weighted by atomic mass is 9.96. The largest absolute Gasteiger partial charge is 0.370 e. The molecule has 1 saturated heterocycles. The zero-order valence-corrected chi connectivity index (χ0v) is 13.2. The minimum atomic E-state index is 0.816. The quantitative estimate of drug-likeness (QED) is 0.863. The van der Waals surface area contributed by atoms with Crippen LogP contribution in [0.5, 0.6) is 0 Å². The number of nitrogens with one attached hydrogen (secondary N) is 1. The minimum Gasteiger partial charge on any atom is -0.370 e. The predicted octanol–water partition coefficient (Wildman–Crippen LogP) is 3.49. The average molecular weight is 276 g/mol. The third-order valence-corrected chi connectivity index (χ3v) is 4.05. The first kappa shape index (κ1) is 15.1. The van der Waals surface area contributed by atoms with Crippen LogP contribution in [0.4, 0.5) is 11.6 Å². The number of nitrogens with zero attached hydrogens (tertiary/aromatic N) is 3. The van der Waals surface area contributed by atoms with Crippen molar-refractivity contribution >= 4 is 11.6 Å². The van der Waals surface area contributed by atoms with Gasteiger partial charge >= 0.3 is 0 Å². The molecule has 2 heterocycles. The van der Waals surface area contributed by atoms with Crippen LogP contribution in [0.2, 0.25) is 0 Å². The van der Waals surface area contributed by atoms with Crippen LogP contribution in [-0.2, 0) is 6.42 Å². The molecule has 4 heteroatoms. The van der Waals surface area contributed by atoms with Crippen molar-refractivity contribution in [1.29, 1.82) is 0 Å². The molecule has 0 aliphatic carbocycles. The van der Waals surface area contributed by atoms with E-state index in [1.54, 1.807) is 0 Å². The summed E-state index contributed by atoms with van der Waals surface area (Å²) in [6, 6.07) is 2.12. The first-order valence-electron chi connectivity index (χ1n) is 8.13. The zero-order valence-electron chi connectivity index (χ0n) is 13.2. The van der Waals surface area contributed by atoms with E-state index in [0.717, 1.165) is 55.9 Å². The first-order chi connectivity index (χ1) is 9.76. The van der Waals surface area contributed by atoms with Crippen LogP contribution >= 0.6 is 0 Å². The molecule has 0 saturated carbocycles. The van der Waals surface area contributed by atoms with Gasteiger partial charge in [-0.2, -0.15) is 0 Å². The third-order valence-electron chi connectivity index (χ3n) is 4.05. The van der Waals surface area contributed by atoms with Crippen LogP contribution in [0, 0.1) is 5.92 Å². The standard InChI is InChI=1S/C16H28N4/c1-4-9-17-15-11-16(19-14(6-3)18-15)20-10-7-8-13(5-2)12-20/h11,13H,4-10,12H2,1-3H3,(H,17,18,19). The second kappa shape index (κ2) is 7.46. The Labute approximate surface area is 123 Å². The van der Waals surface area contributed by atoms with E-state index in [9.17, 15) is 0 Å². The van der Waals surface area contributed by atoms with Crippen LogP contribution in [0.25, 0.3) is 0 Å². The average Bonchev–Trinajstić information content (AvgIpc) is 2.52. The molecule has 1 aromatic heterocycles. The van der Waals surface area contributed by atoms with E-state index in [-0.39, 0.29) is 0 Å². The van der Waals surface area contributed by atoms with Crippen LogP contribution < -0.4 is 10.2 Å². The van der Waals surface area contributed by atoms with Gasteiger partial charge in [0.25, 0.3) is 0 Å². The summed E-state index contributed by atoms with van der Waals surface area (Å²) in [5, 5.41) is 3.40. The molecule has 0 bridgehead atoms. The van der Waals surface area contributed by atoms with Crippen molar-refractivity contribution in [3.05, 3.63) is 11.9 Å². The maximum Gasteiger partial charge on any atom is 0.134 e. The van der Waals surface area contributed by atoms with Gasteiger partial charge in [-0.1, -0.05) is 27.2 Å². The minimum absolute atomic E-state index is 0.816. The molecule has 1 aliphatic heterocycles. The number of hydrogen-bond acceptors (Lipinski definition) is 4. The van der Waals surface area contributed by atoms with Crippen molar-refractivity contribution in [1.82, 2.24) is 9.97 Å². The van der Waals surface area contributed by atoms with Crippen LogP contribution in [0.15, 0.2) is 6.07 Å². The number of piperidine rings is 1. The molecule has 1 unspecified atom stereocenters. The second-order valence-electron chi connectivity index (χ2n) is 5.67. The topological polar surface area (TPSA) is 41.0 Å². The lowest BCUT2D eigenvalue weighted by Crippen LogP contribution is -2.36.